The van der Waals surface area contributed by atoms with Gasteiger partial charge in [-0.2, -0.15) is 9.67 Å². The summed E-state index contributed by atoms with van der Waals surface area (Å²) in [7, 11) is 0. The second-order valence-corrected chi connectivity index (χ2v) is 4.92. The first-order chi connectivity index (χ1) is 7.08. The van der Waals surface area contributed by atoms with Gasteiger partial charge >= 0.3 is 0 Å². The fourth-order valence-electron chi connectivity index (χ4n) is 0.996. The third-order valence-corrected chi connectivity index (χ3v) is 3.00. The molecule has 0 saturated carbocycles. The first kappa shape index (κ1) is 11.2. The van der Waals surface area contributed by atoms with Gasteiger partial charge in [-0.05, 0) is 54.7 Å². The van der Waals surface area contributed by atoms with Crippen LogP contribution in [0.15, 0.2) is 20.1 Å². The number of nitrogens with zero attached hydrogens (tertiary/aromatic N) is 5. The molecule has 0 aliphatic heterocycles. The molecule has 8 heteroatoms. The van der Waals surface area contributed by atoms with Crippen molar-refractivity contribution in [2.75, 3.05) is 0 Å². The third kappa shape index (κ3) is 2.26. The number of aryl methyl sites for hydroxylation is 1. The highest BCUT2D eigenvalue weighted by molar-refractivity contribution is 9.11. The van der Waals surface area contributed by atoms with Crippen LogP contribution < -0.4 is 0 Å². The lowest BCUT2D eigenvalue weighted by Crippen LogP contribution is -2.03. The summed E-state index contributed by atoms with van der Waals surface area (Å²) in [5.74, 6) is 1.32. The molecule has 0 unspecified atom stereocenters. The number of halogens is 3. The van der Waals surface area contributed by atoms with E-state index in [1.807, 2.05) is 6.92 Å². The van der Waals surface area contributed by atoms with E-state index >= 15 is 0 Å². The SMILES string of the molecule is Cc1ncc(Br)c(-n2nc(Br)nc2Br)n1. The van der Waals surface area contributed by atoms with Crippen molar-refractivity contribution in [3.05, 3.63) is 26.0 Å². The average Bonchev–Trinajstić information content (AvgIpc) is 2.50. The summed E-state index contributed by atoms with van der Waals surface area (Å²) in [5, 5.41) is 4.14. The Bertz CT molecular complexity index is 509. The Morgan fingerprint density at radius 2 is 1.93 bits per heavy atom. The summed E-state index contributed by atoms with van der Waals surface area (Å²) in [5.41, 5.74) is 0. The van der Waals surface area contributed by atoms with Crippen LogP contribution in [0.1, 0.15) is 5.82 Å². The lowest BCUT2D eigenvalue weighted by Gasteiger charge is -2.03. The molecule has 2 heterocycles. The van der Waals surface area contributed by atoms with Crippen molar-refractivity contribution >= 4 is 47.8 Å². The summed E-state index contributed by atoms with van der Waals surface area (Å²) in [4.78, 5) is 12.4. The highest BCUT2D eigenvalue weighted by Gasteiger charge is 2.12. The minimum Gasteiger partial charge on any atom is -0.240 e. The first-order valence-corrected chi connectivity index (χ1v) is 6.23. The van der Waals surface area contributed by atoms with Crippen LogP contribution in [0.25, 0.3) is 5.82 Å². The maximum absolute atomic E-state index is 4.27. The highest BCUT2D eigenvalue weighted by atomic mass is 79.9. The zero-order chi connectivity index (χ0) is 11.0. The molecule has 0 aliphatic carbocycles. The second kappa shape index (κ2) is 4.26. The summed E-state index contributed by atoms with van der Waals surface area (Å²) in [6.07, 6.45) is 1.68. The molecule has 2 aromatic heterocycles. The van der Waals surface area contributed by atoms with Gasteiger partial charge in [0.05, 0.1) is 4.47 Å². The molecule has 5 nitrogen and oxygen atoms in total. The summed E-state index contributed by atoms with van der Waals surface area (Å²) in [6.45, 7) is 1.82. The third-order valence-electron chi connectivity index (χ3n) is 1.59. The van der Waals surface area contributed by atoms with E-state index < -0.39 is 0 Å². The van der Waals surface area contributed by atoms with Crippen LogP contribution in [0.4, 0.5) is 0 Å². The molecule has 0 aliphatic rings. The Balaban J connectivity index is 2.62. The molecule has 0 aromatic carbocycles. The summed E-state index contributed by atoms with van der Waals surface area (Å²) < 4.78 is 3.40. The Kier molecular flexibility index (Phi) is 3.17. The zero-order valence-corrected chi connectivity index (χ0v) is 12.2. The van der Waals surface area contributed by atoms with Crippen LogP contribution in [-0.2, 0) is 0 Å². The van der Waals surface area contributed by atoms with E-state index in [-0.39, 0.29) is 0 Å². The van der Waals surface area contributed by atoms with Crippen molar-refractivity contribution in [3.63, 3.8) is 0 Å². The Hall–Kier alpha value is -0.340. The van der Waals surface area contributed by atoms with Gasteiger partial charge in [-0.3, -0.25) is 0 Å². The Labute approximate surface area is 111 Å². The van der Waals surface area contributed by atoms with Gasteiger partial charge in [0, 0.05) is 6.20 Å². The molecule has 0 saturated heterocycles. The molecule has 0 atom stereocenters. The van der Waals surface area contributed by atoms with Crippen molar-refractivity contribution in [2.24, 2.45) is 0 Å². The van der Waals surface area contributed by atoms with E-state index in [1.165, 1.54) is 0 Å². The van der Waals surface area contributed by atoms with Gasteiger partial charge in [0.2, 0.25) is 9.47 Å². The van der Waals surface area contributed by atoms with Crippen molar-refractivity contribution in [2.45, 2.75) is 6.92 Å². The zero-order valence-electron chi connectivity index (χ0n) is 7.45. The van der Waals surface area contributed by atoms with E-state index in [0.717, 1.165) is 4.47 Å². The fourth-order valence-corrected chi connectivity index (χ4v) is 2.33. The minimum atomic E-state index is 0.498. The van der Waals surface area contributed by atoms with Gasteiger partial charge in [-0.25, -0.2) is 9.97 Å². The van der Waals surface area contributed by atoms with Crippen LogP contribution in [0.5, 0.6) is 0 Å². The molecular weight excluding hydrogens is 394 g/mol. The van der Waals surface area contributed by atoms with Crippen LogP contribution >= 0.6 is 47.8 Å². The van der Waals surface area contributed by atoms with Gasteiger partial charge < -0.3 is 0 Å². The van der Waals surface area contributed by atoms with Crippen LogP contribution in [0.2, 0.25) is 0 Å². The number of aromatic nitrogens is 5. The maximum atomic E-state index is 4.27. The van der Waals surface area contributed by atoms with Gasteiger partial charge in [-0.1, -0.05) is 0 Å². The summed E-state index contributed by atoms with van der Waals surface area (Å²) >= 11 is 9.84. The van der Waals surface area contributed by atoms with Crippen LogP contribution in [-0.4, -0.2) is 24.7 Å². The van der Waals surface area contributed by atoms with E-state index in [1.54, 1.807) is 10.9 Å². The average molecular weight is 398 g/mol. The molecule has 2 rings (SSSR count). The molecule has 0 spiro atoms. The van der Waals surface area contributed by atoms with Gasteiger partial charge in [0.1, 0.15) is 5.82 Å². The number of hydrogen-bond acceptors (Lipinski definition) is 4. The predicted octanol–water partition coefficient (Wildman–Crippen LogP) is 2.65. The molecule has 15 heavy (non-hydrogen) atoms. The maximum Gasteiger partial charge on any atom is 0.218 e. The lowest BCUT2D eigenvalue weighted by molar-refractivity contribution is 0.798. The number of rotatable bonds is 1. The normalized spacial score (nSPS) is 10.7. The molecule has 78 valence electrons. The largest absolute Gasteiger partial charge is 0.240 e. The monoisotopic (exact) mass is 395 g/mol. The van der Waals surface area contributed by atoms with Crippen LogP contribution in [0, 0.1) is 6.92 Å². The van der Waals surface area contributed by atoms with Crippen molar-refractivity contribution in [1.29, 1.82) is 0 Å². The highest BCUT2D eigenvalue weighted by Crippen LogP contribution is 2.21. The molecule has 0 bridgehead atoms. The first-order valence-electron chi connectivity index (χ1n) is 3.85. The summed E-state index contributed by atoms with van der Waals surface area (Å²) in [6, 6.07) is 0. The standard InChI is InChI=1S/C7H4Br3N5/c1-3-11-2-4(8)5(12-3)15-7(10)13-6(9)14-15/h2H,1H3. The topological polar surface area (TPSA) is 56.5 Å². The van der Waals surface area contributed by atoms with Crippen molar-refractivity contribution < 1.29 is 0 Å². The number of hydrogen-bond donors (Lipinski definition) is 0. The van der Waals surface area contributed by atoms with Crippen LogP contribution in [0.3, 0.4) is 0 Å². The van der Waals surface area contributed by atoms with E-state index in [2.05, 4.69) is 67.8 Å². The Morgan fingerprint density at radius 1 is 1.20 bits per heavy atom. The van der Waals surface area contributed by atoms with E-state index in [9.17, 15) is 0 Å². The molecule has 0 fully saturated rings. The smallest absolute Gasteiger partial charge is 0.218 e. The van der Waals surface area contributed by atoms with E-state index in [0.29, 0.717) is 21.1 Å². The minimum absolute atomic E-state index is 0.498. The Morgan fingerprint density at radius 3 is 2.53 bits per heavy atom. The molecule has 0 amide bonds. The lowest BCUT2D eigenvalue weighted by atomic mass is 10.5. The predicted molar refractivity (Wildman–Crippen MR) is 64.8 cm³/mol. The van der Waals surface area contributed by atoms with Crippen molar-refractivity contribution in [1.82, 2.24) is 24.7 Å². The second-order valence-electron chi connectivity index (χ2n) is 2.65. The molecular formula is C7H4Br3N5. The van der Waals surface area contributed by atoms with E-state index in [4.69, 9.17) is 0 Å². The van der Waals surface area contributed by atoms with Gasteiger partial charge in [0.25, 0.3) is 0 Å². The quantitative estimate of drug-likeness (QED) is 0.742. The van der Waals surface area contributed by atoms with Gasteiger partial charge in [-0.15, -0.1) is 5.10 Å². The fraction of sp³-hybridized carbons (Fsp3) is 0.143. The van der Waals surface area contributed by atoms with Crippen molar-refractivity contribution in [3.8, 4) is 5.82 Å². The molecule has 0 radical (unpaired) electrons. The molecule has 0 N–H and O–H groups in total. The van der Waals surface area contributed by atoms with Gasteiger partial charge in [0.15, 0.2) is 5.82 Å². The molecule has 2 aromatic rings.